The van der Waals surface area contributed by atoms with Crippen LogP contribution in [0.1, 0.15) is 42.1 Å². The van der Waals surface area contributed by atoms with Crippen LogP contribution in [-0.4, -0.2) is 39.9 Å². The number of aromatic nitrogens is 2. The molecule has 0 bridgehead atoms. The third-order valence-corrected chi connectivity index (χ3v) is 5.89. The zero-order valence-corrected chi connectivity index (χ0v) is 17.8. The number of imidazole rings is 1. The summed E-state index contributed by atoms with van der Waals surface area (Å²) in [5.74, 6) is -0.227. The Kier molecular flexibility index (Phi) is 7.22. The quantitative estimate of drug-likeness (QED) is 0.408. The fourth-order valence-corrected chi connectivity index (χ4v) is 4.44. The number of nitrogens with one attached hydrogen (secondary N) is 1. The smallest absolute Gasteiger partial charge is 0.178 e. The zero-order chi connectivity index (χ0) is 19.5. The number of ketones is 1. The summed E-state index contributed by atoms with van der Waals surface area (Å²) in [5, 5.41) is 0. The fraction of sp³-hybridized carbons (Fsp3) is 0.364. The Bertz CT molecular complexity index is 1020. The third-order valence-electron chi connectivity index (χ3n) is 5.59. The molecule has 2 heterocycles. The van der Waals surface area contributed by atoms with Crippen molar-refractivity contribution < 1.29 is 9.18 Å². The highest BCUT2D eigenvalue weighted by Gasteiger charge is 2.22. The van der Waals surface area contributed by atoms with Crippen molar-refractivity contribution in [3.8, 4) is 0 Å². The van der Waals surface area contributed by atoms with Crippen molar-refractivity contribution in [3.05, 3.63) is 64.7 Å². The van der Waals surface area contributed by atoms with Gasteiger partial charge < -0.3 is 14.5 Å². The number of carbonyl (C=O) groups excluding carboxylic acids is 1. The number of halogens is 2. The first-order chi connectivity index (χ1) is 13.6. The Hall–Kier alpha value is -2.02. The lowest BCUT2D eigenvalue weighted by molar-refractivity contribution is 0.0970. The average Bonchev–Trinajstić information content (AvgIpc) is 3.05. The molecule has 1 saturated heterocycles. The molecular weight excluding hydrogens is 409 g/mol. The van der Waals surface area contributed by atoms with Crippen LogP contribution >= 0.6 is 24.6 Å². The molecule has 1 N–H and O–H groups in total. The van der Waals surface area contributed by atoms with Crippen LogP contribution in [0, 0.1) is 10.6 Å². The van der Waals surface area contributed by atoms with Gasteiger partial charge in [0.2, 0.25) is 0 Å². The lowest BCUT2D eigenvalue weighted by atomic mass is 10.0. The van der Waals surface area contributed by atoms with Crippen molar-refractivity contribution in [2.24, 2.45) is 0 Å². The number of H-pyrrole nitrogens is 1. The zero-order valence-electron chi connectivity index (χ0n) is 16.1. The molecule has 1 aromatic heterocycles. The molecular formula is C22H25ClFN3OS. The number of Topliss-reactive ketones (excluding diaryl/α,β-unsaturated/α-hetero) is 1. The number of benzene rings is 2. The van der Waals surface area contributed by atoms with E-state index < -0.39 is 0 Å². The van der Waals surface area contributed by atoms with Crippen LogP contribution in [0.5, 0.6) is 0 Å². The van der Waals surface area contributed by atoms with Crippen LogP contribution in [0.25, 0.3) is 11.0 Å². The maximum atomic E-state index is 13.0. The molecule has 3 aromatic rings. The summed E-state index contributed by atoms with van der Waals surface area (Å²) in [6.45, 7) is 2.94. The van der Waals surface area contributed by atoms with Gasteiger partial charge in [-0.15, -0.1) is 12.4 Å². The second-order valence-corrected chi connectivity index (χ2v) is 7.81. The van der Waals surface area contributed by atoms with Gasteiger partial charge in [-0.2, -0.15) is 0 Å². The predicted octanol–water partition coefficient (Wildman–Crippen LogP) is 5.56. The number of rotatable bonds is 6. The van der Waals surface area contributed by atoms with Crippen LogP contribution in [0.15, 0.2) is 48.5 Å². The fourth-order valence-electron chi connectivity index (χ4n) is 4.08. The first-order valence-corrected chi connectivity index (χ1v) is 10.2. The van der Waals surface area contributed by atoms with Gasteiger partial charge >= 0.3 is 0 Å². The van der Waals surface area contributed by atoms with E-state index >= 15 is 0 Å². The van der Waals surface area contributed by atoms with E-state index in [1.165, 1.54) is 17.6 Å². The predicted molar refractivity (Wildman–Crippen MR) is 119 cm³/mol. The Labute approximate surface area is 181 Å². The van der Waals surface area contributed by atoms with Gasteiger partial charge in [0.25, 0.3) is 0 Å². The maximum Gasteiger partial charge on any atom is 0.178 e. The molecule has 4 rings (SSSR count). The van der Waals surface area contributed by atoms with Crippen LogP contribution in [0.3, 0.4) is 0 Å². The molecule has 0 spiro atoms. The maximum absolute atomic E-state index is 13.0. The Morgan fingerprint density at radius 2 is 1.79 bits per heavy atom. The molecule has 7 heteroatoms. The van der Waals surface area contributed by atoms with E-state index in [4.69, 9.17) is 12.2 Å². The number of para-hydroxylation sites is 2. The number of likely N-dealkylation sites (tertiary alicyclic amines) is 1. The standard InChI is InChI=1S/C22H24FN3OS.ClH/c23-17-9-7-16(8-10-17)21(27)6-3-13-25-14-11-18(12-15-25)26-20-5-2-1-4-19(20)24-22(26)28;/h1-2,4-5,7-10,18H,3,6,11-15H2,(H,24,28);1H. The molecule has 1 fully saturated rings. The second kappa shape index (κ2) is 9.65. The summed E-state index contributed by atoms with van der Waals surface area (Å²) < 4.78 is 16.0. The van der Waals surface area contributed by atoms with Crippen molar-refractivity contribution in [2.45, 2.75) is 31.7 Å². The lowest BCUT2D eigenvalue weighted by Gasteiger charge is -2.32. The molecule has 1 aliphatic rings. The molecule has 2 aromatic carbocycles. The summed E-state index contributed by atoms with van der Waals surface area (Å²) in [6.07, 6.45) is 3.44. The Morgan fingerprint density at radius 1 is 1.10 bits per heavy atom. The van der Waals surface area contributed by atoms with Crippen molar-refractivity contribution in [3.63, 3.8) is 0 Å². The summed E-state index contributed by atoms with van der Waals surface area (Å²) in [4.78, 5) is 17.9. The Morgan fingerprint density at radius 3 is 2.52 bits per heavy atom. The number of fused-ring (bicyclic) bond motifs is 1. The SMILES string of the molecule is Cl.O=C(CCCN1CCC(n2c(=S)[nH]c3ccccc32)CC1)c1ccc(F)cc1. The van der Waals surface area contributed by atoms with Gasteiger partial charge in [0.1, 0.15) is 5.82 Å². The molecule has 0 amide bonds. The van der Waals surface area contributed by atoms with Crippen molar-refractivity contribution in [1.82, 2.24) is 14.5 Å². The summed E-state index contributed by atoms with van der Waals surface area (Å²) >= 11 is 5.55. The molecule has 0 aliphatic carbocycles. The summed E-state index contributed by atoms with van der Waals surface area (Å²) in [7, 11) is 0. The minimum atomic E-state index is -0.310. The molecule has 0 radical (unpaired) electrons. The highest BCUT2D eigenvalue weighted by atomic mass is 35.5. The monoisotopic (exact) mass is 433 g/mol. The number of hydrogen-bond donors (Lipinski definition) is 1. The number of aromatic amines is 1. The van der Waals surface area contributed by atoms with Crippen LogP contribution in [0.4, 0.5) is 4.39 Å². The third kappa shape index (κ3) is 4.94. The lowest BCUT2D eigenvalue weighted by Crippen LogP contribution is -2.35. The number of carbonyl (C=O) groups is 1. The van der Waals surface area contributed by atoms with E-state index in [9.17, 15) is 9.18 Å². The topological polar surface area (TPSA) is 41.0 Å². The van der Waals surface area contributed by atoms with Crippen LogP contribution in [-0.2, 0) is 0 Å². The summed E-state index contributed by atoms with van der Waals surface area (Å²) in [6, 6.07) is 14.5. The summed E-state index contributed by atoms with van der Waals surface area (Å²) in [5.41, 5.74) is 2.86. The van der Waals surface area contributed by atoms with Crippen LogP contribution in [0.2, 0.25) is 0 Å². The molecule has 0 unspecified atom stereocenters. The minimum absolute atomic E-state index is 0. The van der Waals surface area contributed by atoms with E-state index in [0.29, 0.717) is 18.0 Å². The Balaban J connectivity index is 0.00000240. The van der Waals surface area contributed by atoms with Gasteiger partial charge in [0.05, 0.1) is 11.0 Å². The molecule has 0 atom stereocenters. The molecule has 0 saturated carbocycles. The largest absolute Gasteiger partial charge is 0.331 e. The highest BCUT2D eigenvalue weighted by Crippen LogP contribution is 2.27. The van der Waals surface area contributed by atoms with E-state index in [1.807, 2.05) is 6.07 Å². The van der Waals surface area contributed by atoms with Gasteiger partial charge in [-0.25, -0.2) is 4.39 Å². The molecule has 154 valence electrons. The van der Waals surface area contributed by atoms with Crippen molar-refractivity contribution in [1.29, 1.82) is 0 Å². The average molecular weight is 434 g/mol. The number of hydrogen-bond acceptors (Lipinski definition) is 3. The molecule has 1 aliphatic heterocycles. The van der Waals surface area contributed by atoms with Gasteiger partial charge in [0.15, 0.2) is 10.6 Å². The van der Waals surface area contributed by atoms with Gasteiger partial charge in [-0.3, -0.25) is 4.79 Å². The van der Waals surface area contributed by atoms with E-state index in [-0.39, 0.29) is 24.0 Å². The molecule has 29 heavy (non-hydrogen) atoms. The first-order valence-electron chi connectivity index (χ1n) is 9.82. The number of piperidine rings is 1. The number of nitrogens with zero attached hydrogens (tertiary/aromatic N) is 2. The highest BCUT2D eigenvalue weighted by molar-refractivity contribution is 7.71. The van der Waals surface area contributed by atoms with Gasteiger partial charge in [0, 0.05) is 31.1 Å². The minimum Gasteiger partial charge on any atom is -0.331 e. The second-order valence-electron chi connectivity index (χ2n) is 7.42. The van der Waals surface area contributed by atoms with E-state index in [0.717, 1.165) is 49.2 Å². The van der Waals surface area contributed by atoms with Crippen molar-refractivity contribution in [2.75, 3.05) is 19.6 Å². The first kappa shape index (κ1) is 21.7. The van der Waals surface area contributed by atoms with Gasteiger partial charge in [-0.05, 0) is 74.4 Å². The van der Waals surface area contributed by atoms with Gasteiger partial charge in [-0.1, -0.05) is 12.1 Å². The normalized spacial score (nSPS) is 15.3. The van der Waals surface area contributed by atoms with E-state index in [1.54, 1.807) is 12.1 Å². The van der Waals surface area contributed by atoms with Crippen LogP contribution < -0.4 is 0 Å². The van der Waals surface area contributed by atoms with Crippen molar-refractivity contribution >= 4 is 41.4 Å². The molecule has 4 nitrogen and oxygen atoms in total. The van der Waals surface area contributed by atoms with E-state index in [2.05, 4.69) is 32.7 Å².